The maximum Gasteiger partial charge on any atom is 0.123 e. The van der Waals surface area contributed by atoms with E-state index in [0.29, 0.717) is 19.8 Å². The first-order valence-corrected chi connectivity index (χ1v) is 10.8. The molecule has 0 aromatic heterocycles. The van der Waals surface area contributed by atoms with Crippen LogP contribution in [0.15, 0.2) is 54.1 Å². The quantitative estimate of drug-likeness (QED) is 0.573. The summed E-state index contributed by atoms with van der Waals surface area (Å²) in [6.45, 7) is 9.64. The van der Waals surface area contributed by atoms with E-state index in [1.54, 1.807) is 0 Å². The normalized spacial score (nSPS) is 17.4. The number of benzene rings is 2. The summed E-state index contributed by atoms with van der Waals surface area (Å²) >= 11 is 0. The predicted molar refractivity (Wildman–Crippen MR) is 121 cm³/mol. The van der Waals surface area contributed by atoms with Crippen molar-refractivity contribution in [3.05, 3.63) is 71.0 Å². The van der Waals surface area contributed by atoms with Crippen molar-refractivity contribution in [2.75, 3.05) is 26.4 Å². The molecule has 0 saturated carbocycles. The van der Waals surface area contributed by atoms with E-state index in [4.69, 9.17) is 19.3 Å². The van der Waals surface area contributed by atoms with Crippen molar-refractivity contribution in [3.63, 3.8) is 0 Å². The first kappa shape index (κ1) is 23.5. The fourth-order valence-electron chi connectivity index (χ4n) is 4.38. The van der Waals surface area contributed by atoms with Crippen LogP contribution in [0.2, 0.25) is 0 Å². The van der Waals surface area contributed by atoms with Crippen LogP contribution in [0.4, 0.5) is 4.39 Å². The topological polar surface area (TPSA) is 47.9 Å². The van der Waals surface area contributed by atoms with Crippen molar-refractivity contribution in [1.82, 2.24) is 0 Å². The van der Waals surface area contributed by atoms with E-state index < -0.39 is 0 Å². The molecule has 1 aliphatic heterocycles. The van der Waals surface area contributed by atoms with Crippen LogP contribution in [-0.2, 0) is 9.47 Å². The van der Waals surface area contributed by atoms with Gasteiger partial charge in [0.2, 0.25) is 0 Å². The molecular formula is C26H33FO4. The molecule has 0 amide bonds. The lowest BCUT2D eigenvalue weighted by atomic mass is 9.79. The van der Waals surface area contributed by atoms with Gasteiger partial charge in [0, 0.05) is 0 Å². The summed E-state index contributed by atoms with van der Waals surface area (Å²) in [5.41, 5.74) is 3.94. The summed E-state index contributed by atoms with van der Waals surface area (Å²) in [6, 6.07) is 14.7. The maximum atomic E-state index is 13.6. The fraction of sp³-hybridized carbons (Fsp3) is 0.462. The summed E-state index contributed by atoms with van der Waals surface area (Å²) in [7, 11) is 0. The highest BCUT2D eigenvalue weighted by Crippen LogP contribution is 2.43. The zero-order valence-electron chi connectivity index (χ0n) is 18.9. The van der Waals surface area contributed by atoms with Crippen LogP contribution < -0.4 is 4.74 Å². The Bertz CT molecular complexity index is 865. The van der Waals surface area contributed by atoms with Crippen LogP contribution in [-0.4, -0.2) is 42.7 Å². The fourth-order valence-corrected chi connectivity index (χ4v) is 4.38. The number of ether oxygens (including phenoxy) is 3. The van der Waals surface area contributed by atoms with Crippen LogP contribution >= 0.6 is 0 Å². The molecule has 2 aromatic rings. The van der Waals surface area contributed by atoms with Crippen molar-refractivity contribution in [2.45, 2.75) is 51.7 Å². The van der Waals surface area contributed by atoms with Crippen LogP contribution in [0.1, 0.15) is 51.7 Å². The second kappa shape index (κ2) is 9.94. The third-order valence-electron chi connectivity index (χ3n) is 5.19. The molecule has 168 valence electrons. The standard InChI is InChI=1S/C26H33FO4/c1-25(2)17-21(18-26(3,4)31-25)24(19-5-9-22(27)10-6-19)20-7-11-23(12-8-20)30-16-15-29-14-13-28/h5-12,28H,13-18H2,1-4H3. The van der Waals surface area contributed by atoms with E-state index in [0.717, 1.165) is 35.3 Å². The maximum absolute atomic E-state index is 13.6. The zero-order valence-corrected chi connectivity index (χ0v) is 18.9. The Hall–Kier alpha value is -2.21. The van der Waals surface area contributed by atoms with E-state index in [-0.39, 0.29) is 23.6 Å². The largest absolute Gasteiger partial charge is 0.491 e. The molecule has 1 saturated heterocycles. The van der Waals surface area contributed by atoms with Gasteiger partial charge < -0.3 is 19.3 Å². The molecule has 1 N–H and O–H groups in total. The molecule has 0 spiro atoms. The minimum Gasteiger partial charge on any atom is -0.491 e. The zero-order chi connectivity index (χ0) is 22.5. The highest BCUT2D eigenvalue weighted by atomic mass is 19.1. The average molecular weight is 429 g/mol. The van der Waals surface area contributed by atoms with Crippen LogP contribution in [0.25, 0.3) is 5.57 Å². The minimum atomic E-state index is -0.278. The summed E-state index contributed by atoms with van der Waals surface area (Å²) < 4.78 is 30.9. The Balaban J connectivity index is 1.91. The van der Waals surface area contributed by atoms with E-state index in [9.17, 15) is 4.39 Å². The molecule has 31 heavy (non-hydrogen) atoms. The smallest absolute Gasteiger partial charge is 0.123 e. The minimum absolute atomic E-state index is 0.00811. The van der Waals surface area contributed by atoms with Crippen molar-refractivity contribution < 1.29 is 23.7 Å². The number of aliphatic hydroxyl groups is 1. The molecule has 1 heterocycles. The molecule has 0 aliphatic carbocycles. The van der Waals surface area contributed by atoms with Crippen LogP contribution in [0, 0.1) is 5.82 Å². The van der Waals surface area contributed by atoms with Gasteiger partial charge in [0.1, 0.15) is 18.2 Å². The first-order chi connectivity index (χ1) is 14.7. The summed E-state index contributed by atoms with van der Waals surface area (Å²) in [4.78, 5) is 0. The van der Waals surface area contributed by atoms with Gasteiger partial charge in [-0.3, -0.25) is 0 Å². The molecule has 5 heteroatoms. The second-order valence-electron chi connectivity index (χ2n) is 9.17. The molecule has 1 fully saturated rings. The van der Waals surface area contributed by atoms with Gasteiger partial charge in [-0.15, -0.1) is 0 Å². The van der Waals surface area contributed by atoms with E-state index in [2.05, 4.69) is 27.7 Å². The summed E-state index contributed by atoms with van der Waals surface area (Å²) in [5.74, 6) is 0.514. The van der Waals surface area contributed by atoms with Crippen molar-refractivity contribution >= 4 is 5.57 Å². The average Bonchev–Trinajstić information content (AvgIpc) is 2.68. The highest BCUT2D eigenvalue weighted by molar-refractivity contribution is 5.82. The number of hydrogen-bond donors (Lipinski definition) is 1. The molecular weight excluding hydrogens is 395 g/mol. The highest BCUT2D eigenvalue weighted by Gasteiger charge is 2.37. The Kier molecular flexibility index (Phi) is 7.52. The van der Waals surface area contributed by atoms with Crippen LogP contribution in [0.5, 0.6) is 5.75 Å². The van der Waals surface area contributed by atoms with Crippen molar-refractivity contribution in [1.29, 1.82) is 0 Å². The predicted octanol–water partition coefficient (Wildman–Crippen LogP) is 5.38. The van der Waals surface area contributed by atoms with Gasteiger partial charge in [0.25, 0.3) is 0 Å². The van der Waals surface area contributed by atoms with Gasteiger partial charge in [-0.1, -0.05) is 29.8 Å². The first-order valence-electron chi connectivity index (χ1n) is 10.8. The molecule has 0 unspecified atom stereocenters. The molecule has 0 bridgehead atoms. The Morgan fingerprint density at radius 1 is 0.871 bits per heavy atom. The lowest BCUT2D eigenvalue weighted by Crippen LogP contribution is -2.42. The Morgan fingerprint density at radius 2 is 1.42 bits per heavy atom. The molecule has 2 aromatic carbocycles. The number of aliphatic hydroxyl groups excluding tert-OH is 1. The van der Waals surface area contributed by atoms with Gasteiger partial charge in [0.15, 0.2) is 0 Å². The van der Waals surface area contributed by atoms with Gasteiger partial charge in [-0.2, -0.15) is 0 Å². The molecule has 0 radical (unpaired) electrons. The molecule has 4 nitrogen and oxygen atoms in total. The van der Waals surface area contributed by atoms with Gasteiger partial charge in [-0.25, -0.2) is 4.39 Å². The summed E-state index contributed by atoms with van der Waals surface area (Å²) in [5, 5.41) is 8.75. The third-order valence-corrected chi connectivity index (χ3v) is 5.19. The van der Waals surface area contributed by atoms with E-state index in [1.165, 1.54) is 17.7 Å². The van der Waals surface area contributed by atoms with Gasteiger partial charge >= 0.3 is 0 Å². The van der Waals surface area contributed by atoms with Gasteiger partial charge in [-0.05, 0) is 81.5 Å². The SMILES string of the molecule is CC1(C)CC(=C(c2ccc(F)cc2)c2ccc(OCCOCCO)cc2)CC(C)(C)O1. The van der Waals surface area contributed by atoms with E-state index >= 15 is 0 Å². The van der Waals surface area contributed by atoms with Gasteiger partial charge in [0.05, 0.1) is 31.0 Å². The Morgan fingerprint density at radius 3 is 1.97 bits per heavy atom. The molecule has 3 rings (SSSR count). The number of hydrogen-bond acceptors (Lipinski definition) is 4. The third kappa shape index (κ3) is 6.63. The van der Waals surface area contributed by atoms with Crippen molar-refractivity contribution in [2.24, 2.45) is 0 Å². The van der Waals surface area contributed by atoms with Crippen LogP contribution in [0.3, 0.4) is 0 Å². The number of halogens is 1. The lowest BCUT2D eigenvalue weighted by molar-refractivity contribution is -0.138. The van der Waals surface area contributed by atoms with E-state index in [1.807, 2.05) is 36.4 Å². The number of rotatable bonds is 8. The second-order valence-corrected chi connectivity index (χ2v) is 9.17. The molecule has 0 atom stereocenters. The van der Waals surface area contributed by atoms with Crippen molar-refractivity contribution in [3.8, 4) is 5.75 Å². The lowest BCUT2D eigenvalue weighted by Gasteiger charge is -2.43. The monoisotopic (exact) mass is 428 g/mol. The summed E-state index contributed by atoms with van der Waals surface area (Å²) in [6.07, 6.45) is 1.62. The Labute approximate surface area is 184 Å². The molecule has 1 aliphatic rings.